The van der Waals surface area contributed by atoms with Gasteiger partial charge in [0.05, 0.1) is 0 Å². The zero-order chi connectivity index (χ0) is 25.2. The third-order valence-electron chi connectivity index (χ3n) is 6.45. The molecule has 186 valence electrons. The second-order valence-corrected chi connectivity index (χ2v) is 9.72. The number of aryl methyl sites for hydroxylation is 1. The second kappa shape index (κ2) is 9.94. The van der Waals surface area contributed by atoms with Crippen molar-refractivity contribution < 1.29 is 23.9 Å². The number of likely N-dealkylation sites (tertiary alicyclic amines) is 1. The molecule has 3 aromatic rings. The van der Waals surface area contributed by atoms with Gasteiger partial charge in [-0.2, -0.15) is 0 Å². The lowest BCUT2D eigenvalue weighted by Gasteiger charge is -2.30. The molecule has 0 unspecified atom stereocenters. The van der Waals surface area contributed by atoms with Crippen molar-refractivity contribution in [3.05, 3.63) is 57.5 Å². The van der Waals surface area contributed by atoms with Crippen molar-refractivity contribution in [3.63, 3.8) is 0 Å². The lowest BCUT2D eigenvalue weighted by atomic mass is 9.95. The Labute approximate surface area is 211 Å². The van der Waals surface area contributed by atoms with E-state index in [9.17, 15) is 14.4 Å². The molecule has 0 aliphatic carbocycles. The molecule has 0 bridgehead atoms. The van der Waals surface area contributed by atoms with Crippen LogP contribution in [0, 0.1) is 19.8 Å². The van der Waals surface area contributed by atoms with Crippen molar-refractivity contribution in [1.29, 1.82) is 0 Å². The van der Waals surface area contributed by atoms with Crippen LogP contribution in [0.15, 0.2) is 36.4 Å². The van der Waals surface area contributed by atoms with Gasteiger partial charge in [0.25, 0.3) is 11.8 Å². The third-order valence-corrected chi connectivity index (χ3v) is 7.36. The molecule has 3 amide bonds. The minimum absolute atomic E-state index is 0.0332. The van der Waals surface area contributed by atoms with E-state index in [1.807, 2.05) is 32.0 Å². The SMILES string of the molecule is Cc1cccc(NC(=O)C2CCN(C(=O)c3nnc(C(=O)Nc4ccc5c(c4)OCO5)s3)CC2)c1C. The highest BCUT2D eigenvalue weighted by Gasteiger charge is 2.30. The van der Waals surface area contributed by atoms with Crippen molar-refractivity contribution >= 4 is 40.4 Å². The molecule has 10 nitrogen and oxygen atoms in total. The predicted octanol–water partition coefficient (Wildman–Crippen LogP) is 3.63. The van der Waals surface area contributed by atoms with Crippen molar-refractivity contribution in [2.75, 3.05) is 30.5 Å². The van der Waals surface area contributed by atoms with Crippen LogP contribution in [0.2, 0.25) is 0 Å². The molecule has 36 heavy (non-hydrogen) atoms. The fraction of sp³-hybridized carbons (Fsp3) is 0.320. The Morgan fingerprint density at radius 3 is 2.53 bits per heavy atom. The van der Waals surface area contributed by atoms with Crippen molar-refractivity contribution in [2.45, 2.75) is 26.7 Å². The van der Waals surface area contributed by atoms with E-state index in [1.54, 1.807) is 23.1 Å². The summed E-state index contributed by atoms with van der Waals surface area (Å²) in [7, 11) is 0. The molecular formula is C25H25N5O5S. The topological polar surface area (TPSA) is 123 Å². The first-order valence-electron chi connectivity index (χ1n) is 11.6. The number of fused-ring (bicyclic) bond motifs is 1. The summed E-state index contributed by atoms with van der Waals surface area (Å²) < 4.78 is 10.6. The molecule has 11 heteroatoms. The number of benzene rings is 2. The highest BCUT2D eigenvalue weighted by atomic mass is 32.1. The molecule has 2 N–H and O–H groups in total. The van der Waals surface area contributed by atoms with Gasteiger partial charge in [0.2, 0.25) is 22.7 Å². The summed E-state index contributed by atoms with van der Waals surface area (Å²) in [5.41, 5.74) is 3.51. The van der Waals surface area contributed by atoms with Gasteiger partial charge < -0.3 is 25.0 Å². The van der Waals surface area contributed by atoms with Gasteiger partial charge in [-0.15, -0.1) is 10.2 Å². The quantitative estimate of drug-likeness (QED) is 0.541. The number of amides is 3. The van der Waals surface area contributed by atoms with Crippen LogP contribution in [-0.4, -0.2) is 52.7 Å². The fourth-order valence-electron chi connectivity index (χ4n) is 4.16. The van der Waals surface area contributed by atoms with Crippen LogP contribution in [-0.2, 0) is 4.79 Å². The molecule has 3 heterocycles. The summed E-state index contributed by atoms with van der Waals surface area (Å²) in [6.07, 6.45) is 1.11. The molecule has 1 saturated heterocycles. The molecular weight excluding hydrogens is 482 g/mol. The number of carbonyl (C=O) groups is 3. The zero-order valence-electron chi connectivity index (χ0n) is 19.9. The van der Waals surface area contributed by atoms with Gasteiger partial charge in [0, 0.05) is 36.4 Å². The van der Waals surface area contributed by atoms with E-state index >= 15 is 0 Å². The molecule has 5 rings (SSSR count). The second-order valence-electron chi connectivity index (χ2n) is 8.74. The fourth-order valence-corrected chi connectivity index (χ4v) is 4.87. The van der Waals surface area contributed by atoms with E-state index in [0.29, 0.717) is 43.1 Å². The number of anilines is 2. The number of hydrogen-bond acceptors (Lipinski definition) is 8. The molecule has 0 radical (unpaired) electrons. The summed E-state index contributed by atoms with van der Waals surface area (Å²) in [5, 5.41) is 13.8. The van der Waals surface area contributed by atoms with Crippen LogP contribution >= 0.6 is 11.3 Å². The predicted molar refractivity (Wildman–Crippen MR) is 134 cm³/mol. The molecule has 2 aromatic carbocycles. The minimum Gasteiger partial charge on any atom is -0.454 e. The number of ether oxygens (including phenoxy) is 2. The molecule has 1 aromatic heterocycles. The first kappa shape index (κ1) is 23.7. The molecule has 0 saturated carbocycles. The number of aromatic nitrogens is 2. The van der Waals surface area contributed by atoms with Gasteiger partial charge in [0.1, 0.15) is 0 Å². The van der Waals surface area contributed by atoms with Gasteiger partial charge >= 0.3 is 0 Å². The lowest BCUT2D eigenvalue weighted by Crippen LogP contribution is -2.41. The Morgan fingerprint density at radius 1 is 0.972 bits per heavy atom. The molecule has 2 aliphatic heterocycles. The Kier molecular flexibility index (Phi) is 6.55. The lowest BCUT2D eigenvalue weighted by molar-refractivity contribution is -0.121. The third kappa shape index (κ3) is 4.87. The van der Waals surface area contributed by atoms with Gasteiger partial charge in [-0.3, -0.25) is 14.4 Å². The first-order valence-corrected chi connectivity index (χ1v) is 12.4. The van der Waals surface area contributed by atoms with Crippen LogP contribution in [0.25, 0.3) is 0 Å². The van der Waals surface area contributed by atoms with E-state index < -0.39 is 5.91 Å². The van der Waals surface area contributed by atoms with E-state index in [1.165, 1.54) is 0 Å². The number of rotatable bonds is 5. The molecule has 2 aliphatic rings. The van der Waals surface area contributed by atoms with Gasteiger partial charge in [-0.1, -0.05) is 23.5 Å². The molecule has 0 atom stereocenters. The summed E-state index contributed by atoms with van der Waals surface area (Å²) in [5.74, 6) is 0.200. The Balaban J connectivity index is 1.15. The summed E-state index contributed by atoms with van der Waals surface area (Å²) >= 11 is 0.939. The maximum Gasteiger partial charge on any atom is 0.286 e. The molecule has 0 spiro atoms. The van der Waals surface area contributed by atoms with Crippen molar-refractivity contribution in [2.24, 2.45) is 5.92 Å². The van der Waals surface area contributed by atoms with E-state index in [-0.39, 0.29) is 34.5 Å². The normalized spacial score (nSPS) is 15.0. The van der Waals surface area contributed by atoms with E-state index in [2.05, 4.69) is 20.8 Å². The Bertz CT molecular complexity index is 1330. The standard InChI is InChI=1S/C25H25N5O5S/c1-14-4-3-5-18(15(14)2)27-21(31)16-8-10-30(11-9-16)25(33)24-29-28-23(36-24)22(32)26-17-6-7-19-20(12-17)35-13-34-19/h3-7,12,16H,8-11,13H2,1-2H3,(H,26,32)(H,27,31). The first-order chi connectivity index (χ1) is 17.4. The highest BCUT2D eigenvalue weighted by molar-refractivity contribution is 7.15. The number of hydrogen-bond donors (Lipinski definition) is 2. The van der Waals surface area contributed by atoms with Gasteiger partial charge in [0.15, 0.2) is 11.5 Å². The van der Waals surface area contributed by atoms with Crippen LogP contribution < -0.4 is 20.1 Å². The number of nitrogens with zero attached hydrogens (tertiary/aromatic N) is 3. The number of carbonyl (C=O) groups excluding carboxylic acids is 3. The summed E-state index contributed by atoms with van der Waals surface area (Å²) in [4.78, 5) is 40.0. The van der Waals surface area contributed by atoms with Crippen LogP contribution in [0.1, 0.15) is 43.6 Å². The van der Waals surface area contributed by atoms with Crippen LogP contribution in [0.5, 0.6) is 11.5 Å². The summed E-state index contributed by atoms with van der Waals surface area (Å²) in [6, 6.07) is 10.9. The highest BCUT2D eigenvalue weighted by Crippen LogP contribution is 2.34. The van der Waals surface area contributed by atoms with Gasteiger partial charge in [-0.05, 0) is 56.0 Å². The average Bonchev–Trinajstić information content (AvgIpc) is 3.56. The molecule has 1 fully saturated rings. The number of nitrogens with one attached hydrogen (secondary N) is 2. The largest absolute Gasteiger partial charge is 0.454 e. The number of piperidine rings is 1. The zero-order valence-corrected chi connectivity index (χ0v) is 20.7. The van der Waals surface area contributed by atoms with Crippen molar-refractivity contribution in [1.82, 2.24) is 15.1 Å². The Morgan fingerprint density at radius 2 is 1.72 bits per heavy atom. The van der Waals surface area contributed by atoms with Crippen molar-refractivity contribution in [3.8, 4) is 11.5 Å². The van der Waals surface area contributed by atoms with Crippen LogP contribution in [0.4, 0.5) is 11.4 Å². The van der Waals surface area contributed by atoms with E-state index in [4.69, 9.17) is 9.47 Å². The van der Waals surface area contributed by atoms with E-state index in [0.717, 1.165) is 28.2 Å². The smallest absolute Gasteiger partial charge is 0.286 e. The average molecular weight is 508 g/mol. The Hall–Kier alpha value is -3.99. The monoisotopic (exact) mass is 507 g/mol. The summed E-state index contributed by atoms with van der Waals surface area (Å²) in [6.45, 7) is 5.00. The maximum atomic E-state index is 12.9. The van der Waals surface area contributed by atoms with Crippen LogP contribution in [0.3, 0.4) is 0 Å². The minimum atomic E-state index is -0.466. The van der Waals surface area contributed by atoms with Gasteiger partial charge in [-0.25, -0.2) is 0 Å². The maximum absolute atomic E-state index is 12.9.